The largest absolute Gasteiger partial charge is 0.468 e. The second kappa shape index (κ2) is 5.62. The number of carbonyl (C=O) groups is 2. The lowest BCUT2D eigenvalue weighted by atomic mass is 9.68. The number of hydrogen-bond donors (Lipinski definition) is 0. The number of carbonyl (C=O) groups excluding carboxylic acids is 2. The molecule has 92 valence electrons. The summed E-state index contributed by atoms with van der Waals surface area (Å²) in [4.78, 5) is 23.3. The van der Waals surface area contributed by atoms with Crippen molar-refractivity contribution in [3.8, 4) is 0 Å². The van der Waals surface area contributed by atoms with Crippen molar-refractivity contribution in [2.75, 3.05) is 7.11 Å². The Bertz CT molecular complexity index is 367. The van der Waals surface area contributed by atoms with E-state index in [4.69, 9.17) is 4.74 Å². The summed E-state index contributed by atoms with van der Waals surface area (Å²) in [5.74, 6) is -0.0930. The minimum Gasteiger partial charge on any atom is -0.468 e. The van der Waals surface area contributed by atoms with Crippen molar-refractivity contribution >= 4 is 11.8 Å². The highest BCUT2D eigenvalue weighted by atomic mass is 16.5. The third-order valence-corrected chi connectivity index (χ3v) is 3.31. The Morgan fingerprint density at radius 3 is 2.35 bits per heavy atom. The minimum absolute atomic E-state index is 0.201. The van der Waals surface area contributed by atoms with E-state index < -0.39 is 5.41 Å². The topological polar surface area (TPSA) is 43.4 Å². The molecule has 3 nitrogen and oxygen atoms in total. The van der Waals surface area contributed by atoms with Crippen LogP contribution in [0, 0.1) is 5.41 Å². The third kappa shape index (κ3) is 2.54. The predicted octanol–water partition coefficient (Wildman–Crippen LogP) is 2.59. The molecule has 0 aromatic rings. The molecule has 0 radical (unpaired) electrons. The second-order valence-corrected chi connectivity index (χ2v) is 4.17. The van der Waals surface area contributed by atoms with E-state index in [0.717, 1.165) is 5.57 Å². The van der Waals surface area contributed by atoms with Gasteiger partial charge >= 0.3 is 5.97 Å². The van der Waals surface area contributed by atoms with Gasteiger partial charge in [-0.3, -0.25) is 9.59 Å². The molecule has 0 unspecified atom stereocenters. The van der Waals surface area contributed by atoms with E-state index in [-0.39, 0.29) is 11.8 Å². The maximum absolute atomic E-state index is 12.0. The maximum atomic E-state index is 12.0. The number of hydrogen-bond acceptors (Lipinski definition) is 3. The first-order valence-electron chi connectivity index (χ1n) is 5.66. The van der Waals surface area contributed by atoms with Crippen molar-refractivity contribution in [1.29, 1.82) is 0 Å². The van der Waals surface area contributed by atoms with Crippen LogP contribution in [0.25, 0.3) is 0 Å². The van der Waals surface area contributed by atoms with Crippen LogP contribution >= 0.6 is 0 Å². The van der Waals surface area contributed by atoms with Crippen LogP contribution in [0.2, 0.25) is 0 Å². The summed E-state index contributed by atoms with van der Waals surface area (Å²) in [5, 5.41) is 0. The van der Waals surface area contributed by atoms with Gasteiger partial charge in [0, 0.05) is 12.8 Å². The lowest BCUT2D eigenvalue weighted by Crippen LogP contribution is -2.38. The zero-order chi connectivity index (χ0) is 12.9. The molecule has 3 heteroatoms. The third-order valence-electron chi connectivity index (χ3n) is 3.31. The molecule has 1 aliphatic carbocycles. The summed E-state index contributed by atoms with van der Waals surface area (Å²) in [6.45, 7) is 7.36. The molecule has 17 heavy (non-hydrogen) atoms. The number of rotatable bonds is 4. The molecule has 0 amide bonds. The van der Waals surface area contributed by atoms with E-state index >= 15 is 0 Å². The van der Waals surface area contributed by atoms with Gasteiger partial charge in [0.05, 0.1) is 12.5 Å². The fourth-order valence-corrected chi connectivity index (χ4v) is 2.31. The van der Waals surface area contributed by atoms with Crippen LogP contribution in [0.5, 0.6) is 0 Å². The zero-order valence-corrected chi connectivity index (χ0v) is 10.2. The summed E-state index contributed by atoms with van der Waals surface area (Å²) in [7, 11) is 1.37. The van der Waals surface area contributed by atoms with Crippen molar-refractivity contribution in [2.24, 2.45) is 5.41 Å². The van der Waals surface area contributed by atoms with E-state index in [0.29, 0.717) is 25.7 Å². The Kier molecular flexibility index (Phi) is 4.44. The van der Waals surface area contributed by atoms with Gasteiger partial charge in [0.1, 0.15) is 5.78 Å². The van der Waals surface area contributed by atoms with Gasteiger partial charge in [0.2, 0.25) is 0 Å². The molecule has 1 aliphatic rings. The Morgan fingerprint density at radius 2 is 1.94 bits per heavy atom. The summed E-state index contributed by atoms with van der Waals surface area (Å²) in [6, 6.07) is 0. The smallest absolute Gasteiger partial charge is 0.316 e. The Balaban J connectivity index is 3.14. The highest BCUT2D eigenvalue weighted by Crippen LogP contribution is 2.43. The summed E-state index contributed by atoms with van der Waals surface area (Å²) >= 11 is 0. The lowest BCUT2D eigenvalue weighted by Gasteiger charge is -2.35. The molecule has 0 N–H and O–H groups in total. The van der Waals surface area contributed by atoms with Crippen LogP contribution in [0.3, 0.4) is 0 Å². The number of methoxy groups -OCH3 is 1. The minimum atomic E-state index is -0.724. The van der Waals surface area contributed by atoms with E-state index in [1.165, 1.54) is 7.11 Å². The first-order chi connectivity index (χ1) is 8.10. The molecule has 0 aliphatic heterocycles. The molecule has 1 rings (SSSR count). The zero-order valence-electron chi connectivity index (χ0n) is 10.2. The number of Topliss-reactive ketones (excluding diaryl/α,β-unsaturated/α-hetero) is 1. The van der Waals surface area contributed by atoms with Crippen molar-refractivity contribution in [3.05, 3.63) is 37.0 Å². The van der Waals surface area contributed by atoms with Crippen LogP contribution in [-0.4, -0.2) is 18.9 Å². The molecule has 0 bridgehead atoms. The van der Waals surface area contributed by atoms with Crippen LogP contribution in [0.4, 0.5) is 0 Å². The summed E-state index contributed by atoms with van der Waals surface area (Å²) < 4.78 is 4.88. The first-order valence-corrected chi connectivity index (χ1v) is 5.66. The molecule has 0 atom stereocenters. The van der Waals surface area contributed by atoms with Gasteiger partial charge in [0.15, 0.2) is 0 Å². The predicted molar refractivity (Wildman–Crippen MR) is 66.4 cm³/mol. The summed E-state index contributed by atoms with van der Waals surface area (Å²) in [5.41, 5.74) is 0.0605. The fraction of sp³-hybridized carbons (Fsp3) is 0.429. The Labute approximate surface area is 102 Å². The molecule has 1 saturated carbocycles. The van der Waals surface area contributed by atoms with E-state index in [2.05, 4.69) is 13.2 Å². The number of esters is 1. The van der Waals surface area contributed by atoms with Crippen LogP contribution in [0.1, 0.15) is 25.7 Å². The van der Waals surface area contributed by atoms with Gasteiger partial charge < -0.3 is 4.74 Å². The van der Waals surface area contributed by atoms with E-state index in [9.17, 15) is 9.59 Å². The maximum Gasteiger partial charge on any atom is 0.316 e. The van der Waals surface area contributed by atoms with Gasteiger partial charge in [-0.15, -0.1) is 0 Å². The molecule has 0 aromatic carbocycles. The summed E-state index contributed by atoms with van der Waals surface area (Å²) in [6.07, 6.45) is 6.84. The quantitative estimate of drug-likeness (QED) is 0.554. The monoisotopic (exact) mass is 234 g/mol. The van der Waals surface area contributed by atoms with Crippen molar-refractivity contribution < 1.29 is 14.3 Å². The molecular formula is C14H18O3. The van der Waals surface area contributed by atoms with Crippen LogP contribution in [0.15, 0.2) is 37.0 Å². The Hall–Kier alpha value is -1.64. The number of ether oxygens (including phenoxy) is 1. The molecule has 1 fully saturated rings. The van der Waals surface area contributed by atoms with Crippen molar-refractivity contribution in [2.45, 2.75) is 25.7 Å². The average molecular weight is 234 g/mol. The highest BCUT2D eigenvalue weighted by molar-refractivity contribution is 5.87. The first kappa shape index (κ1) is 13.4. The fourth-order valence-electron chi connectivity index (χ4n) is 2.31. The highest BCUT2D eigenvalue weighted by Gasteiger charge is 2.44. The second-order valence-electron chi connectivity index (χ2n) is 4.17. The molecule has 0 saturated heterocycles. The van der Waals surface area contributed by atoms with Crippen LogP contribution in [-0.2, 0) is 14.3 Å². The van der Waals surface area contributed by atoms with Gasteiger partial charge in [-0.05, 0) is 18.4 Å². The lowest BCUT2D eigenvalue weighted by molar-refractivity contribution is -0.152. The molecule has 0 spiro atoms. The normalized spacial score (nSPS) is 19.6. The Morgan fingerprint density at radius 1 is 1.35 bits per heavy atom. The molecule has 0 heterocycles. The van der Waals surface area contributed by atoms with Crippen molar-refractivity contribution in [1.82, 2.24) is 0 Å². The van der Waals surface area contributed by atoms with Crippen molar-refractivity contribution in [3.63, 3.8) is 0 Å². The van der Waals surface area contributed by atoms with Gasteiger partial charge in [-0.2, -0.15) is 0 Å². The average Bonchev–Trinajstić information content (AvgIpc) is 2.36. The van der Waals surface area contributed by atoms with Crippen LogP contribution < -0.4 is 0 Å². The number of ketones is 1. The molecular weight excluding hydrogens is 216 g/mol. The van der Waals surface area contributed by atoms with Gasteiger partial charge in [-0.1, -0.05) is 31.4 Å². The van der Waals surface area contributed by atoms with Gasteiger partial charge in [0.25, 0.3) is 0 Å². The standard InChI is InChI=1S/C14H18O3/c1-4-6-11(5-2)14(13(16)17-3)9-7-12(15)8-10-14/h4-6H,1-2,7-10H2,3H3/b11-6+. The number of allylic oxidation sites excluding steroid dienone is 3. The van der Waals surface area contributed by atoms with Gasteiger partial charge in [-0.25, -0.2) is 0 Å². The SMILES string of the molecule is C=C/C=C(\C=C)C1(C(=O)OC)CCC(=O)CC1. The van der Waals surface area contributed by atoms with E-state index in [1.807, 2.05) is 0 Å². The van der Waals surface area contributed by atoms with E-state index in [1.54, 1.807) is 18.2 Å². The molecule has 0 aromatic heterocycles.